The molecule has 0 saturated heterocycles. The minimum Gasteiger partial charge on any atom is -0.307 e. The van der Waals surface area contributed by atoms with Gasteiger partial charge in [-0.15, -0.1) is 0 Å². The number of fused-ring (bicyclic) bond motifs is 9. The maximum absolute atomic E-state index is 9.96. The Morgan fingerprint density at radius 1 is 0.439 bits per heavy atom. The van der Waals surface area contributed by atoms with E-state index in [9.17, 15) is 4.11 Å². The maximum Gasteiger partial charge on any atom is 0.164 e. The predicted octanol–water partition coefficient (Wildman–Crippen LogP) is 11.9. The number of rotatable bonds is 5. The summed E-state index contributed by atoms with van der Waals surface area (Å²) in [6.07, 6.45) is 6.90. The van der Waals surface area contributed by atoms with Crippen LogP contribution in [0.5, 0.6) is 0 Å². The fraction of sp³-hybridized carbons (Fsp3) is 0. The molecule has 0 atom stereocenters. The van der Waals surface area contributed by atoms with Gasteiger partial charge in [0.2, 0.25) is 0 Å². The van der Waals surface area contributed by atoms with Gasteiger partial charge in [0, 0.05) is 74.3 Å². The van der Waals surface area contributed by atoms with Gasteiger partial charge in [0.1, 0.15) is 5.82 Å². The summed E-state index contributed by atoms with van der Waals surface area (Å²) < 4.78 is 131. The lowest BCUT2D eigenvalue weighted by molar-refractivity contribution is 1.04. The van der Waals surface area contributed by atoms with Crippen LogP contribution in [0.25, 0.3) is 105 Å². The van der Waals surface area contributed by atoms with E-state index in [1.54, 1.807) is 36.9 Å². The summed E-state index contributed by atoms with van der Waals surface area (Å²) in [5, 5.41) is 2.85. The molecule has 6 heterocycles. The lowest BCUT2D eigenvalue weighted by Crippen LogP contribution is -2.08. The molecule has 266 valence electrons. The zero-order valence-electron chi connectivity index (χ0n) is 43.4. The van der Waals surface area contributed by atoms with Crippen molar-refractivity contribution >= 4 is 65.4 Å². The SMILES string of the molecule is [2H]c1c(-c2c([2H])c([2H])c([2H])c([2H])c2[2H])nc(-c2cccc(-n3c4ccccc4c4cnccc43)c2-n2c3ccccc3c3cnccc32)nc1-n1c2c([2H])c([2H])c([2H])c([2H])c2c2c([2H])c([2H])c([2H])c([2H])c21. The number of aromatic nitrogens is 7. The van der Waals surface area contributed by atoms with Crippen molar-refractivity contribution in [3.8, 4) is 39.8 Å². The van der Waals surface area contributed by atoms with Gasteiger partial charge in [0.05, 0.1) is 69.4 Å². The Bertz CT molecular complexity index is 4160. The Hall–Kier alpha value is -7.90. The van der Waals surface area contributed by atoms with E-state index < -0.39 is 102 Å². The molecular weight excluding hydrogens is 699 g/mol. The van der Waals surface area contributed by atoms with Crippen molar-refractivity contribution < 1.29 is 19.2 Å². The Balaban J connectivity index is 1.33. The first kappa shape index (κ1) is 20.7. The second-order valence-electron chi connectivity index (χ2n) is 13.3. The van der Waals surface area contributed by atoms with E-state index in [0.29, 0.717) is 11.4 Å². The number of hydrogen-bond donors (Lipinski definition) is 0. The lowest BCUT2D eigenvalue weighted by Gasteiger charge is -2.20. The molecule has 6 aromatic carbocycles. The van der Waals surface area contributed by atoms with Crippen LogP contribution in [0.3, 0.4) is 0 Å². The fourth-order valence-electron chi connectivity index (χ4n) is 8.00. The number of benzene rings is 6. The highest BCUT2D eigenvalue weighted by Crippen LogP contribution is 2.42. The Kier molecular flexibility index (Phi) is 4.47. The van der Waals surface area contributed by atoms with Gasteiger partial charge in [-0.2, -0.15) is 0 Å². The van der Waals surface area contributed by atoms with Gasteiger partial charge in [0.15, 0.2) is 5.82 Å². The Morgan fingerprint density at radius 3 is 1.70 bits per heavy atom. The van der Waals surface area contributed by atoms with Crippen LogP contribution in [-0.2, 0) is 0 Å². The van der Waals surface area contributed by atoms with Gasteiger partial charge in [-0.05, 0) is 48.5 Å². The van der Waals surface area contributed by atoms with Gasteiger partial charge in [-0.3, -0.25) is 14.5 Å². The second-order valence-corrected chi connectivity index (χ2v) is 13.3. The molecule has 0 aliphatic carbocycles. The van der Waals surface area contributed by atoms with E-state index in [4.69, 9.17) is 25.0 Å². The molecule has 0 fully saturated rings. The average Bonchev–Trinajstić information content (AvgIpc) is 4.04. The van der Waals surface area contributed by atoms with Gasteiger partial charge in [-0.1, -0.05) is 109 Å². The van der Waals surface area contributed by atoms with Crippen LogP contribution < -0.4 is 0 Å². The summed E-state index contributed by atoms with van der Waals surface area (Å²) >= 11 is 0. The Labute approximate surface area is 346 Å². The topological polar surface area (TPSA) is 66.3 Å². The van der Waals surface area contributed by atoms with Crippen molar-refractivity contribution in [3.05, 3.63) is 188 Å². The van der Waals surface area contributed by atoms with E-state index in [1.807, 2.05) is 71.3 Å². The zero-order valence-corrected chi connectivity index (χ0v) is 29.4. The first-order valence-corrected chi connectivity index (χ1v) is 17.9. The van der Waals surface area contributed by atoms with Crippen molar-refractivity contribution in [2.24, 2.45) is 0 Å². The van der Waals surface area contributed by atoms with Crippen molar-refractivity contribution in [1.82, 2.24) is 33.6 Å². The summed E-state index contributed by atoms with van der Waals surface area (Å²) in [6.45, 7) is 0. The molecule has 7 heteroatoms. The first-order chi connectivity index (χ1) is 34.1. The molecule has 0 radical (unpaired) electrons. The molecule has 0 aliphatic rings. The monoisotopic (exact) mass is 743 g/mol. The molecule has 0 unspecified atom stereocenters. The molecular formula is C50H31N7. The van der Waals surface area contributed by atoms with Crippen LogP contribution in [0.2, 0.25) is 0 Å². The minimum atomic E-state index is -0.718. The highest BCUT2D eigenvalue weighted by Gasteiger charge is 2.25. The van der Waals surface area contributed by atoms with E-state index in [1.165, 1.54) is 0 Å². The van der Waals surface area contributed by atoms with Crippen LogP contribution in [0.1, 0.15) is 19.2 Å². The molecule has 0 bridgehead atoms. The average molecular weight is 744 g/mol. The summed E-state index contributed by atoms with van der Waals surface area (Å²) in [4.78, 5) is 19.0. The summed E-state index contributed by atoms with van der Waals surface area (Å²) in [6, 6.07) is 15.2. The number of pyridine rings is 2. The molecule has 0 aliphatic heterocycles. The van der Waals surface area contributed by atoms with Crippen molar-refractivity contribution in [1.29, 1.82) is 0 Å². The molecule has 6 aromatic heterocycles. The summed E-state index contributed by atoms with van der Waals surface area (Å²) in [5.74, 6) is -0.661. The van der Waals surface area contributed by atoms with Crippen LogP contribution in [0.15, 0.2) is 188 Å². The number of nitrogens with zero attached hydrogens (tertiary/aromatic N) is 7. The molecule has 12 rings (SSSR count). The van der Waals surface area contributed by atoms with Crippen molar-refractivity contribution in [2.75, 3.05) is 0 Å². The van der Waals surface area contributed by atoms with Crippen LogP contribution >= 0.6 is 0 Å². The highest BCUT2D eigenvalue weighted by molar-refractivity contribution is 6.12. The fourth-order valence-corrected chi connectivity index (χ4v) is 8.00. The normalized spacial score (nSPS) is 15.3. The second kappa shape index (κ2) is 12.3. The number of hydrogen-bond acceptors (Lipinski definition) is 4. The van der Waals surface area contributed by atoms with E-state index in [0.717, 1.165) is 48.2 Å². The summed E-state index contributed by atoms with van der Waals surface area (Å²) in [5.41, 5.74) is 2.79. The van der Waals surface area contributed by atoms with Crippen LogP contribution in [-0.4, -0.2) is 33.6 Å². The van der Waals surface area contributed by atoms with E-state index in [-0.39, 0.29) is 33.2 Å². The van der Waals surface area contributed by atoms with Crippen LogP contribution in [0.4, 0.5) is 0 Å². The third kappa shape index (κ3) is 4.66. The molecule has 0 saturated carbocycles. The minimum absolute atomic E-state index is 0.186. The van der Waals surface area contributed by atoms with Gasteiger partial charge >= 0.3 is 0 Å². The molecule has 57 heavy (non-hydrogen) atoms. The molecule has 0 N–H and O–H groups in total. The third-order valence-electron chi connectivity index (χ3n) is 10.3. The largest absolute Gasteiger partial charge is 0.307 e. The first-order valence-electron chi connectivity index (χ1n) is 24.9. The molecule has 7 nitrogen and oxygen atoms in total. The van der Waals surface area contributed by atoms with Gasteiger partial charge in [0.25, 0.3) is 0 Å². The lowest BCUT2D eigenvalue weighted by atomic mass is 10.1. The molecule has 0 amide bonds. The summed E-state index contributed by atoms with van der Waals surface area (Å²) in [7, 11) is 0. The smallest absolute Gasteiger partial charge is 0.164 e. The third-order valence-corrected chi connectivity index (χ3v) is 10.3. The van der Waals surface area contributed by atoms with E-state index >= 15 is 0 Å². The van der Waals surface area contributed by atoms with Crippen LogP contribution in [0, 0.1) is 0 Å². The van der Waals surface area contributed by atoms with Gasteiger partial charge in [-0.25, -0.2) is 9.97 Å². The highest BCUT2D eigenvalue weighted by atomic mass is 15.1. The quantitative estimate of drug-likeness (QED) is 0.176. The van der Waals surface area contributed by atoms with Crippen molar-refractivity contribution in [2.45, 2.75) is 0 Å². The maximum atomic E-state index is 9.96. The number of para-hydroxylation sites is 5. The van der Waals surface area contributed by atoms with Gasteiger partial charge < -0.3 is 9.13 Å². The van der Waals surface area contributed by atoms with E-state index in [2.05, 4.69) is 14.5 Å². The molecule has 0 spiro atoms. The molecule has 12 aromatic rings. The standard InChI is InChI=1S/C50H31N7/c1-2-13-32(14-3-1)40-29-48(56-42-21-9-4-15-33(42)34-16-5-10-22-43(34)56)54-50(53-40)37-19-12-24-47(55-41-20-8-6-17-35(41)38-30-51-27-25-45(38)55)49(37)57-44-23-11-7-18-36(44)39-31-52-28-26-46(39)57/h1-31H/i1D,2D,3D,4D,5D,9D,10D,13D,14D,15D,16D,21D,22D,29D. The Morgan fingerprint density at radius 2 is 1.02 bits per heavy atom. The zero-order chi connectivity index (χ0) is 49.6. The van der Waals surface area contributed by atoms with Crippen molar-refractivity contribution in [3.63, 3.8) is 0 Å². The predicted molar refractivity (Wildman–Crippen MR) is 232 cm³/mol.